The molecule has 0 unspecified atom stereocenters. The molecule has 1 heterocycles. The molecule has 1 aromatic rings. The van der Waals surface area contributed by atoms with Crippen LogP contribution in [0.3, 0.4) is 0 Å². The predicted octanol–water partition coefficient (Wildman–Crippen LogP) is 2.48. The van der Waals surface area contributed by atoms with E-state index in [-0.39, 0.29) is 41.0 Å². The molecule has 8 heteroatoms. The van der Waals surface area contributed by atoms with E-state index >= 15 is 0 Å². The summed E-state index contributed by atoms with van der Waals surface area (Å²) in [5.41, 5.74) is 0.217. The largest absolute Gasteiger partial charge is 0.480 e. The van der Waals surface area contributed by atoms with Crippen LogP contribution in [0.25, 0.3) is 0 Å². The Balaban J connectivity index is 3.08. The number of ether oxygens (including phenoxy) is 1. The van der Waals surface area contributed by atoms with Gasteiger partial charge >= 0.3 is 5.97 Å². The molecule has 3 N–H and O–H groups in total. The van der Waals surface area contributed by atoms with E-state index in [1.807, 2.05) is 27.7 Å². The quantitative estimate of drug-likeness (QED) is 0.562. The van der Waals surface area contributed by atoms with E-state index < -0.39 is 17.9 Å². The van der Waals surface area contributed by atoms with Crippen molar-refractivity contribution in [3.8, 4) is 5.88 Å². The monoisotopic (exact) mass is 393 g/mol. The van der Waals surface area contributed by atoms with Crippen LogP contribution in [-0.4, -0.2) is 46.6 Å². The lowest BCUT2D eigenvalue weighted by atomic mass is 10.0. The summed E-state index contributed by atoms with van der Waals surface area (Å²) < 4.78 is 5.61. The Bertz CT molecular complexity index is 701. The third kappa shape index (κ3) is 7.54. The van der Waals surface area contributed by atoms with Crippen molar-refractivity contribution in [3.63, 3.8) is 0 Å². The van der Waals surface area contributed by atoms with Crippen molar-refractivity contribution in [2.75, 3.05) is 6.54 Å². The lowest BCUT2D eigenvalue weighted by Gasteiger charge is -2.17. The fourth-order valence-electron chi connectivity index (χ4n) is 2.37. The second-order valence-electron chi connectivity index (χ2n) is 7.81. The summed E-state index contributed by atoms with van der Waals surface area (Å²) in [6, 6.07) is 1.84. The van der Waals surface area contributed by atoms with Gasteiger partial charge in [0, 0.05) is 6.54 Å². The van der Waals surface area contributed by atoms with Gasteiger partial charge in [-0.1, -0.05) is 27.7 Å². The van der Waals surface area contributed by atoms with E-state index in [1.165, 1.54) is 12.1 Å². The minimum absolute atomic E-state index is 0.00827. The number of carbonyl (C=O) groups is 3. The van der Waals surface area contributed by atoms with Crippen LogP contribution < -0.4 is 15.4 Å². The Hall–Kier alpha value is -2.64. The number of aromatic nitrogens is 1. The first kappa shape index (κ1) is 23.4. The van der Waals surface area contributed by atoms with Crippen molar-refractivity contribution < 1.29 is 24.2 Å². The van der Waals surface area contributed by atoms with Gasteiger partial charge in [0.2, 0.25) is 5.88 Å². The lowest BCUT2D eigenvalue weighted by Crippen LogP contribution is -2.42. The zero-order valence-electron chi connectivity index (χ0n) is 17.4. The van der Waals surface area contributed by atoms with Gasteiger partial charge in [0.25, 0.3) is 11.8 Å². The molecule has 0 spiro atoms. The molecule has 0 bridgehead atoms. The number of carboxylic acids is 1. The van der Waals surface area contributed by atoms with E-state index in [9.17, 15) is 19.5 Å². The lowest BCUT2D eigenvalue weighted by molar-refractivity contribution is -0.139. The van der Waals surface area contributed by atoms with Crippen LogP contribution in [0.15, 0.2) is 12.1 Å². The number of nitrogens with zero attached hydrogens (tertiary/aromatic N) is 1. The average molecular weight is 393 g/mol. The smallest absolute Gasteiger partial charge is 0.326 e. The van der Waals surface area contributed by atoms with Crippen LogP contribution >= 0.6 is 0 Å². The third-order valence-electron chi connectivity index (χ3n) is 3.67. The number of rotatable bonds is 10. The SMILES string of the molecule is CC(C)CNC(=O)c1ccc(C(=O)N[C@@H](CC(C)C)C(=O)O)nc1OC(C)C. The minimum atomic E-state index is -1.11. The van der Waals surface area contributed by atoms with E-state index in [4.69, 9.17) is 4.74 Å². The summed E-state index contributed by atoms with van der Waals surface area (Å²) in [7, 11) is 0. The molecule has 0 fully saturated rings. The van der Waals surface area contributed by atoms with Gasteiger partial charge in [-0.05, 0) is 44.2 Å². The highest BCUT2D eigenvalue weighted by molar-refractivity contribution is 5.99. The van der Waals surface area contributed by atoms with Crippen LogP contribution in [-0.2, 0) is 4.79 Å². The fourth-order valence-corrected chi connectivity index (χ4v) is 2.37. The Morgan fingerprint density at radius 2 is 1.68 bits per heavy atom. The van der Waals surface area contributed by atoms with E-state index in [0.717, 1.165) is 0 Å². The van der Waals surface area contributed by atoms with Crippen molar-refractivity contribution in [2.24, 2.45) is 11.8 Å². The van der Waals surface area contributed by atoms with Gasteiger partial charge in [-0.2, -0.15) is 0 Å². The maximum absolute atomic E-state index is 12.5. The Morgan fingerprint density at radius 1 is 1.04 bits per heavy atom. The van der Waals surface area contributed by atoms with Gasteiger partial charge in [0.05, 0.1) is 6.10 Å². The maximum Gasteiger partial charge on any atom is 0.326 e. The van der Waals surface area contributed by atoms with E-state index in [2.05, 4.69) is 15.6 Å². The zero-order chi connectivity index (χ0) is 21.4. The van der Waals surface area contributed by atoms with Crippen LogP contribution in [0.1, 0.15) is 68.8 Å². The molecule has 0 aliphatic rings. The molecule has 8 nitrogen and oxygen atoms in total. The first-order chi connectivity index (χ1) is 13.0. The predicted molar refractivity (Wildman–Crippen MR) is 106 cm³/mol. The summed E-state index contributed by atoms with van der Waals surface area (Å²) in [5, 5.41) is 14.6. The second-order valence-corrected chi connectivity index (χ2v) is 7.81. The summed E-state index contributed by atoms with van der Waals surface area (Å²) in [4.78, 5) is 40.4. The average Bonchev–Trinajstić information content (AvgIpc) is 2.57. The van der Waals surface area contributed by atoms with Crippen LogP contribution in [0, 0.1) is 11.8 Å². The summed E-state index contributed by atoms with van der Waals surface area (Å²) in [6.45, 7) is 11.8. The van der Waals surface area contributed by atoms with Crippen molar-refractivity contribution in [2.45, 2.75) is 60.1 Å². The first-order valence-corrected chi connectivity index (χ1v) is 9.50. The first-order valence-electron chi connectivity index (χ1n) is 9.50. The third-order valence-corrected chi connectivity index (χ3v) is 3.67. The molecular weight excluding hydrogens is 362 g/mol. The molecular formula is C20H31N3O5. The van der Waals surface area contributed by atoms with Gasteiger partial charge in [-0.3, -0.25) is 9.59 Å². The van der Waals surface area contributed by atoms with Gasteiger partial charge in [0.15, 0.2) is 0 Å². The number of carboxylic acid groups (broad SMARTS) is 1. The zero-order valence-corrected chi connectivity index (χ0v) is 17.4. The van der Waals surface area contributed by atoms with Crippen LogP contribution in [0.2, 0.25) is 0 Å². The van der Waals surface area contributed by atoms with Gasteiger partial charge in [-0.15, -0.1) is 0 Å². The maximum atomic E-state index is 12.5. The van der Waals surface area contributed by atoms with Crippen molar-refractivity contribution in [1.29, 1.82) is 0 Å². The second kappa shape index (κ2) is 10.6. The van der Waals surface area contributed by atoms with E-state index in [1.54, 1.807) is 13.8 Å². The highest BCUT2D eigenvalue weighted by Crippen LogP contribution is 2.18. The number of amides is 2. The molecule has 0 saturated carbocycles. The fraction of sp³-hybridized carbons (Fsp3) is 0.600. The summed E-state index contributed by atoms with van der Waals surface area (Å²) >= 11 is 0. The molecule has 1 atom stereocenters. The molecule has 2 amide bonds. The molecule has 1 rings (SSSR count). The van der Waals surface area contributed by atoms with Crippen molar-refractivity contribution >= 4 is 17.8 Å². The van der Waals surface area contributed by atoms with Crippen LogP contribution in [0.4, 0.5) is 0 Å². The number of hydrogen-bond acceptors (Lipinski definition) is 5. The minimum Gasteiger partial charge on any atom is -0.480 e. The molecule has 0 aliphatic heterocycles. The molecule has 0 radical (unpaired) electrons. The number of carbonyl (C=O) groups excluding carboxylic acids is 2. The van der Waals surface area contributed by atoms with Crippen LogP contribution in [0.5, 0.6) is 5.88 Å². The number of pyridine rings is 1. The van der Waals surface area contributed by atoms with Gasteiger partial charge < -0.3 is 20.5 Å². The molecule has 28 heavy (non-hydrogen) atoms. The summed E-state index contributed by atoms with van der Waals surface area (Å²) in [6.07, 6.45) is 0.0433. The molecule has 156 valence electrons. The molecule has 0 saturated heterocycles. The molecule has 0 aliphatic carbocycles. The Kier molecular flexibility index (Phi) is 8.88. The highest BCUT2D eigenvalue weighted by atomic mass is 16.5. The highest BCUT2D eigenvalue weighted by Gasteiger charge is 2.24. The standard InChI is InChI=1S/C20H31N3O5/c1-11(2)9-16(20(26)27)22-18(25)15-8-7-14(17(24)21-10-12(3)4)19(23-15)28-13(5)6/h7-8,11-13,16H,9-10H2,1-6H3,(H,21,24)(H,22,25)(H,26,27)/t16-/m0/s1. The topological polar surface area (TPSA) is 118 Å². The molecule has 0 aromatic carbocycles. The van der Waals surface area contributed by atoms with E-state index in [0.29, 0.717) is 13.0 Å². The van der Waals surface area contributed by atoms with Crippen molar-refractivity contribution in [1.82, 2.24) is 15.6 Å². The summed E-state index contributed by atoms with van der Waals surface area (Å²) in [5.74, 6) is -1.65. The Labute approximate surface area is 166 Å². The van der Waals surface area contributed by atoms with Gasteiger partial charge in [-0.25, -0.2) is 9.78 Å². The Morgan fingerprint density at radius 3 is 2.18 bits per heavy atom. The normalized spacial score (nSPS) is 12.2. The number of aliphatic carboxylic acids is 1. The number of nitrogens with one attached hydrogen (secondary N) is 2. The van der Waals surface area contributed by atoms with Gasteiger partial charge in [0.1, 0.15) is 17.3 Å². The van der Waals surface area contributed by atoms with Crippen molar-refractivity contribution in [3.05, 3.63) is 23.4 Å². The number of hydrogen-bond donors (Lipinski definition) is 3. The molecule has 1 aromatic heterocycles.